The molecule has 0 heterocycles. The van der Waals surface area contributed by atoms with Crippen LogP contribution >= 0.6 is 0 Å². The summed E-state index contributed by atoms with van der Waals surface area (Å²) in [5.74, 6) is -8.39. The first kappa shape index (κ1) is 87.3. The summed E-state index contributed by atoms with van der Waals surface area (Å²) < 4.78 is 63.5. The number of aliphatic imine (C=N–C) groups is 2. The number of hydrogen-bond donors (Lipinski definition) is 11. The van der Waals surface area contributed by atoms with Crippen LogP contribution in [0.3, 0.4) is 0 Å². The highest BCUT2D eigenvalue weighted by atomic mass is 19.4. The number of carboxylic acids is 2. The van der Waals surface area contributed by atoms with Crippen molar-refractivity contribution in [3.8, 4) is 0 Å². The second kappa shape index (κ2) is 58.5. The minimum Gasteiger partial charge on any atom is -0.475 e. The fourth-order valence-corrected chi connectivity index (χ4v) is 8.52. The Labute approximate surface area is 529 Å². The Morgan fingerprint density at radius 2 is 0.789 bits per heavy atom. The number of halogens is 6. The molecule has 0 aliphatic carbocycles. The van der Waals surface area contributed by atoms with Gasteiger partial charge in [-0.25, -0.2) is 9.59 Å². The van der Waals surface area contributed by atoms with Crippen molar-refractivity contribution in [1.29, 1.82) is 0 Å². The zero-order valence-corrected chi connectivity index (χ0v) is 53.6. The highest BCUT2D eigenvalue weighted by Crippen LogP contribution is 2.15. The second-order valence-corrected chi connectivity index (χ2v) is 21.8. The minimum absolute atomic E-state index is 0.0222. The number of carbonyl (C=O) groups excluding carboxylic acids is 6. The molecule has 0 bridgehead atoms. The van der Waals surface area contributed by atoms with Crippen molar-refractivity contribution in [3.63, 3.8) is 0 Å². The standard InChI is InChI=1S/C58H108N12O6.2C2HF3O2/c1-3-5-7-9-11-13-15-17-19-21-23-25-27-29-31-39-51(71)64-45-35-47-70(48-36-46-65-52(72)40-32-30-28-26-24-22-20-18-16-14-12-10-8-6-4-2)54(74)42-41-53(73)68-50(38-34-44-67-58(62)63)56(76)69-49(55(59)75)37-33-43-66-57(60)61;2*3-2(4,5)1(6)7/h17-20,41-42,49-50H,3-16,21-40,43-48H2,1-2H3,(H2,59,75)(H,64,71)(H,65,72)(H,68,73)(H,69,76)(H4,60,61,66)(H4,62,63,67);2*(H,6,7)/b19-17-,20-18-,42-41-;;/t49-,50-;;/m0../s1. The molecule has 0 spiro atoms. The van der Waals surface area contributed by atoms with Crippen molar-refractivity contribution in [3.05, 3.63) is 36.5 Å². The molecule has 0 saturated heterocycles. The normalized spacial score (nSPS) is 12.0. The van der Waals surface area contributed by atoms with Crippen molar-refractivity contribution in [2.24, 2.45) is 38.7 Å². The third-order valence-corrected chi connectivity index (χ3v) is 13.5. The van der Waals surface area contributed by atoms with E-state index in [9.17, 15) is 55.1 Å². The monoisotopic (exact) mass is 1300 g/mol. The maximum absolute atomic E-state index is 13.6. The van der Waals surface area contributed by atoms with E-state index in [-0.39, 0.29) is 49.7 Å². The van der Waals surface area contributed by atoms with E-state index in [2.05, 4.69) is 69.4 Å². The Kier molecular flexibility index (Phi) is 56.7. The van der Waals surface area contributed by atoms with Crippen LogP contribution in [0.1, 0.15) is 232 Å². The molecule has 0 radical (unpaired) electrons. The van der Waals surface area contributed by atoms with Crippen molar-refractivity contribution >= 4 is 59.3 Å². The van der Waals surface area contributed by atoms with Gasteiger partial charge in [0, 0.05) is 64.3 Å². The molecule has 0 fully saturated rings. The van der Waals surface area contributed by atoms with Crippen molar-refractivity contribution in [1.82, 2.24) is 26.2 Å². The summed E-state index contributed by atoms with van der Waals surface area (Å²) in [4.78, 5) is 105. The van der Waals surface area contributed by atoms with Crippen LogP contribution in [-0.2, 0) is 38.4 Å². The summed E-state index contributed by atoms with van der Waals surface area (Å²) in [5.41, 5.74) is 27.2. The van der Waals surface area contributed by atoms with Gasteiger partial charge in [0.2, 0.25) is 35.4 Å². The van der Waals surface area contributed by atoms with Gasteiger partial charge in [-0.1, -0.05) is 141 Å². The van der Waals surface area contributed by atoms with Crippen LogP contribution in [0.25, 0.3) is 0 Å². The van der Waals surface area contributed by atoms with E-state index >= 15 is 0 Å². The molecule has 0 rings (SSSR count). The number of alkyl halides is 6. The number of guanidine groups is 2. The van der Waals surface area contributed by atoms with Crippen LogP contribution in [-0.4, -0.2) is 138 Å². The largest absolute Gasteiger partial charge is 0.490 e. The Hall–Kier alpha value is -6.90. The fraction of sp³-hybridized carbons (Fsp3) is 0.742. The molecule has 520 valence electrons. The first-order chi connectivity index (χ1) is 42.7. The SMILES string of the molecule is CCCCCCCC/C=C\CCCCCCCC(=O)NCCCN(CCCNC(=O)CCCCCCC/C=C\CCCCCCCC)C(=O)/C=C\C(=O)N[C@@H](CCCN=C(N)N)C(=O)N[C@@H](CCCN=C(N)N)C(N)=O.O=C(O)C(F)(F)F.O=C(O)C(F)(F)F. The number of allylic oxidation sites excluding steroid dienone is 4. The van der Waals surface area contributed by atoms with E-state index < -0.39 is 60.0 Å². The summed E-state index contributed by atoms with van der Waals surface area (Å²) in [6.45, 7) is 6.24. The predicted molar refractivity (Wildman–Crippen MR) is 340 cm³/mol. The smallest absolute Gasteiger partial charge is 0.475 e. The molecule has 0 aromatic carbocycles. The number of aliphatic carboxylic acids is 2. The number of amides is 6. The van der Waals surface area contributed by atoms with Gasteiger partial charge in [-0.05, 0) is 103 Å². The van der Waals surface area contributed by atoms with E-state index in [1.165, 1.54) is 103 Å². The third kappa shape index (κ3) is 61.3. The van der Waals surface area contributed by atoms with Crippen LogP contribution < -0.4 is 49.9 Å². The highest BCUT2D eigenvalue weighted by Gasteiger charge is 2.39. The number of nitrogens with one attached hydrogen (secondary N) is 4. The maximum Gasteiger partial charge on any atom is 0.490 e. The number of carbonyl (C=O) groups is 8. The number of hydrogen-bond acceptors (Lipinski definition) is 10. The van der Waals surface area contributed by atoms with Gasteiger partial charge in [0.15, 0.2) is 11.9 Å². The van der Waals surface area contributed by atoms with E-state index in [1.54, 1.807) is 4.90 Å². The quantitative estimate of drug-likeness (QED) is 0.00675. The lowest BCUT2D eigenvalue weighted by molar-refractivity contribution is -0.193. The van der Waals surface area contributed by atoms with Gasteiger partial charge in [-0.2, -0.15) is 26.3 Å². The molecule has 0 saturated carbocycles. The summed E-state index contributed by atoms with van der Waals surface area (Å²) in [5, 5.41) is 25.4. The number of rotatable bonds is 52. The molecule has 0 unspecified atom stereocenters. The van der Waals surface area contributed by atoms with E-state index in [1.807, 2.05) is 0 Å². The van der Waals surface area contributed by atoms with Crippen LogP contribution in [0.15, 0.2) is 46.4 Å². The first-order valence-electron chi connectivity index (χ1n) is 32.1. The number of carboxylic acid groups (broad SMARTS) is 2. The zero-order chi connectivity index (χ0) is 68.3. The van der Waals surface area contributed by atoms with Crippen LogP contribution in [0.4, 0.5) is 26.3 Å². The average Bonchev–Trinajstić information content (AvgIpc) is 3.44. The Balaban J connectivity index is -0.00000479. The van der Waals surface area contributed by atoms with Gasteiger partial charge in [-0.15, -0.1) is 0 Å². The molecular weight excluding hydrogens is 1190 g/mol. The van der Waals surface area contributed by atoms with E-state index in [0.717, 1.165) is 76.4 Å². The second-order valence-electron chi connectivity index (χ2n) is 21.8. The first-order valence-corrected chi connectivity index (χ1v) is 32.1. The number of primary amides is 1. The van der Waals surface area contributed by atoms with E-state index in [0.29, 0.717) is 64.7 Å². The maximum atomic E-state index is 13.6. The highest BCUT2D eigenvalue weighted by molar-refractivity contribution is 5.99. The lowest BCUT2D eigenvalue weighted by atomic mass is 10.1. The Morgan fingerprint density at radius 1 is 0.456 bits per heavy atom. The molecule has 0 aromatic heterocycles. The summed E-state index contributed by atoms with van der Waals surface area (Å²) in [7, 11) is 0. The van der Waals surface area contributed by atoms with Gasteiger partial charge in [0.1, 0.15) is 12.1 Å². The molecule has 0 aromatic rings. The molecule has 2 atom stereocenters. The molecule has 0 aliphatic rings. The van der Waals surface area contributed by atoms with Gasteiger partial charge < -0.3 is 65.0 Å². The van der Waals surface area contributed by atoms with Crippen LogP contribution in [0.2, 0.25) is 0 Å². The molecule has 28 heteroatoms. The summed E-state index contributed by atoms with van der Waals surface area (Å²) >= 11 is 0. The fourth-order valence-electron chi connectivity index (χ4n) is 8.52. The Bertz CT molecular complexity index is 2020. The molecule has 22 nitrogen and oxygen atoms in total. The molecule has 6 amide bonds. The van der Waals surface area contributed by atoms with Crippen molar-refractivity contribution in [2.45, 2.75) is 257 Å². The summed E-state index contributed by atoms with van der Waals surface area (Å²) in [6.07, 6.45) is 35.0. The molecule has 90 heavy (non-hydrogen) atoms. The van der Waals surface area contributed by atoms with Crippen LogP contribution in [0.5, 0.6) is 0 Å². The molecule has 0 aliphatic heterocycles. The minimum atomic E-state index is -5.08. The van der Waals surface area contributed by atoms with Gasteiger partial charge in [0.25, 0.3) is 0 Å². The van der Waals surface area contributed by atoms with Gasteiger partial charge >= 0.3 is 24.3 Å². The lowest BCUT2D eigenvalue weighted by Crippen LogP contribution is -2.52. The van der Waals surface area contributed by atoms with Crippen molar-refractivity contribution in [2.75, 3.05) is 39.3 Å². The topological polar surface area (TPSA) is 383 Å². The number of nitrogens with two attached hydrogens (primary N) is 5. The third-order valence-electron chi connectivity index (χ3n) is 13.5. The number of unbranched alkanes of at least 4 members (excludes halogenated alkanes) is 22. The van der Waals surface area contributed by atoms with Crippen molar-refractivity contribution < 1.29 is 74.9 Å². The Morgan fingerprint density at radius 3 is 1.12 bits per heavy atom. The summed E-state index contributed by atoms with van der Waals surface area (Å²) in [6, 6.07) is -2.18. The lowest BCUT2D eigenvalue weighted by Gasteiger charge is -2.22. The van der Waals surface area contributed by atoms with E-state index in [4.69, 9.17) is 48.5 Å². The molecular formula is C62H110F6N12O10. The average molecular weight is 1300 g/mol. The van der Waals surface area contributed by atoms with Crippen LogP contribution in [0, 0.1) is 0 Å². The molecule has 16 N–H and O–H groups in total. The number of nitrogens with zero attached hydrogens (tertiary/aromatic N) is 3. The predicted octanol–water partition coefficient (Wildman–Crippen LogP) is 9.29. The van der Waals surface area contributed by atoms with Gasteiger partial charge in [0.05, 0.1) is 0 Å². The zero-order valence-electron chi connectivity index (χ0n) is 53.6. The van der Waals surface area contributed by atoms with Gasteiger partial charge in [-0.3, -0.25) is 38.8 Å².